The van der Waals surface area contributed by atoms with Crippen molar-refractivity contribution in [3.63, 3.8) is 0 Å². The summed E-state index contributed by atoms with van der Waals surface area (Å²) in [6.45, 7) is -0.164. The number of Topliss-reactive ketones (excluding diaryl/α,β-unsaturated/α-hetero) is 1. The lowest BCUT2D eigenvalue weighted by molar-refractivity contribution is 0.100. The molecule has 4 heteroatoms. The number of rotatable bonds is 3. The van der Waals surface area contributed by atoms with Crippen molar-refractivity contribution in [3.8, 4) is 11.1 Å². The van der Waals surface area contributed by atoms with Gasteiger partial charge in [-0.05, 0) is 24.3 Å². The maximum absolute atomic E-state index is 13.7. The maximum atomic E-state index is 13.7. The van der Waals surface area contributed by atoms with Gasteiger partial charge in [0.1, 0.15) is 11.6 Å². The molecular weight excluding hydrogens is 236 g/mol. The van der Waals surface area contributed by atoms with Crippen molar-refractivity contribution in [2.24, 2.45) is 5.73 Å². The van der Waals surface area contributed by atoms with E-state index in [1.165, 1.54) is 30.3 Å². The van der Waals surface area contributed by atoms with Crippen molar-refractivity contribution in [2.45, 2.75) is 0 Å². The molecule has 0 unspecified atom stereocenters. The van der Waals surface area contributed by atoms with Gasteiger partial charge in [0.15, 0.2) is 5.78 Å². The Morgan fingerprint density at radius 2 is 1.67 bits per heavy atom. The van der Waals surface area contributed by atoms with Crippen LogP contribution in [0, 0.1) is 11.6 Å². The molecule has 0 radical (unpaired) electrons. The van der Waals surface area contributed by atoms with Gasteiger partial charge in [-0.2, -0.15) is 0 Å². The van der Waals surface area contributed by atoms with E-state index in [4.69, 9.17) is 5.73 Å². The Morgan fingerprint density at radius 3 is 2.33 bits per heavy atom. The molecule has 0 heterocycles. The van der Waals surface area contributed by atoms with Crippen molar-refractivity contribution in [1.29, 1.82) is 0 Å². The molecule has 0 aliphatic carbocycles. The minimum absolute atomic E-state index is 0.0624. The summed E-state index contributed by atoms with van der Waals surface area (Å²) >= 11 is 0. The lowest BCUT2D eigenvalue weighted by Gasteiger charge is -2.07. The van der Waals surface area contributed by atoms with Gasteiger partial charge in [0, 0.05) is 16.7 Å². The van der Waals surface area contributed by atoms with Gasteiger partial charge < -0.3 is 5.73 Å². The van der Waals surface area contributed by atoms with Gasteiger partial charge in [0.2, 0.25) is 0 Å². The first-order chi connectivity index (χ1) is 8.63. The maximum Gasteiger partial charge on any atom is 0.176 e. The number of hydrogen-bond acceptors (Lipinski definition) is 2. The zero-order valence-corrected chi connectivity index (χ0v) is 9.49. The first-order valence-corrected chi connectivity index (χ1v) is 5.41. The Morgan fingerprint density at radius 1 is 1.00 bits per heavy atom. The van der Waals surface area contributed by atoms with Crippen LogP contribution in [0.15, 0.2) is 42.5 Å². The summed E-state index contributed by atoms with van der Waals surface area (Å²) in [5.41, 5.74) is 5.71. The number of carbonyl (C=O) groups is 1. The molecule has 18 heavy (non-hydrogen) atoms. The molecule has 2 aromatic rings. The summed E-state index contributed by atoms with van der Waals surface area (Å²) in [5, 5.41) is 0. The van der Waals surface area contributed by atoms with E-state index in [-0.39, 0.29) is 29.0 Å². The number of hydrogen-bond donors (Lipinski definition) is 1. The average molecular weight is 247 g/mol. The zero-order chi connectivity index (χ0) is 13.1. The number of benzene rings is 2. The fraction of sp³-hybridized carbons (Fsp3) is 0.0714. The Balaban J connectivity index is 2.57. The fourth-order valence-corrected chi connectivity index (χ4v) is 1.70. The van der Waals surface area contributed by atoms with E-state index in [9.17, 15) is 13.6 Å². The van der Waals surface area contributed by atoms with Crippen LogP contribution in [0.1, 0.15) is 10.4 Å². The Bertz CT molecular complexity index is 596. The van der Waals surface area contributed by atoms with Crippen molar-refractivity contribution in [3.05, 3.63) is 59.7 Å². The van der Waals surface area contributed by atoms with Gasteiger partial charge >= 0.3 is 0 Å². The molecule has 0 spiro atoms. The quantitative estimate of drug-likeness (QED) is 0.847. The van der Waals surface area contributed by atoms with Gasteiger partial charge in [-0.1, -0.05) is 18.2 Å². The molecule has 2 aromatic carbocycles. The molecular formula is C14H11F2NO. The highest BCUT2D eigenvalue weighted by Crippen LogP contribution is 2.26. The van der Waals surface area contributed by atoms with Crippen LogP contribution in [0.4, 0.5) is 8.78 Å². The van der Waals surface area contributed by atoms with Crippen LogP contribution in [0.25, 0.3) is 11.1 Å². The van der Waals surface area contributed by atoms with E-state index in [0.29, 0.717) is 0 Å². The first kappa shape index (κ1) is 12.4. The Kier molecular flexibility index (Phi) is 3.48. The Labute approximate surface area is 103 Å². The van der Waals surface area contributed by atoms with Gasteiger partial charge in [0.25, 0.3) is 0 Å². The van der Waals surface area contributed by atoms with Gasteiger partial charge in [-0.25, -0.2) is 8.78 Å². The third kappa shape index (κ3) is 2.28. The third-order valence-electron chi connectivity index (χ3n) is 2.64. The van der Waals surface area contributed by atoms with Crippen LogP contribution in [0.2, 0.25) is 0 Å². The highest BCUT2D eigenvalue weighted by molar-refractivity contribution is 5.98. The number of carbonyl (C=O) groups excluding carboxylic acids is 1. The molecule has 2 rings (SSSR count). The van der Waals surface area contributed by atoms with E-state index in [1.807, 2.05) is 0 Å². The van der Waals surface area contributed by atoms with Crippen molar-refractivity contribution >= 4 is 5.78 Å². The highest BCUT2D eigenvalue weighted by Gasteiger charge is 2.12. The summed E-state index contributed by atoms with van der Waals surface area (Å²) in [6, 6.07) is 9.64. The fourth-order valence-electron chi connectivity index (χ4n) is 1.70. The van der Waals surface area contributed by atoms with E-state index in [1.54, 1.807) is 6.07 Å². The molecule has 0 atom stereocenters. The average Bonchev–Trinajstić information content (AvgIpc) is 2.39. The molecule has 0 aliphatic rings. The van der Waals surface area contributed by atoms with Gasteiger partial charge in [0.05, 0.1) is 6.54 Å². The predicted molar refractivity (Wildman–Crippen MR) is 65.2 cm³/mol. The number of ketones is 1. The minimum Gasteiger partial charge on any atom is -0.324 e. The summed E-state index contributed by atoms with van der Waals surface area (Å²) in [7, 11) is 0. The molecule has 0 fully saturated rings. The second-order valence-electron chi connectivity index (χ2n) is 3.80. The molecule has 0 saturated carbocycles. The molecule has 2 nitrogen and oxygen atoms in total. The van der Waals surface area contributed by atoms with E-state index >= 15 is 0 Å². The van der Waals surface area contributed by atoms with Crippen molar-refractivity contribution in [1.82, 2.24) is 0 Å². The smallest absolute Gasteiger partial charge is 0.176 e. The van der Waals surface area contributed by atoms with Crippen LogP contribution in [0.5, 0.6) is 0 Å². The monoisotopic (exact) mass is 247 g/mol. The van der Waals surface area contributed by atoms with E-state index in [2.05, 4.69) is 0 Å². The predicted octanol–water partition coefficient (Wildman–Crippen LogP) is 2.77. The topological polar surface area (TPSA) is 43.1 Å². The van der Waals surface area contributed by atoms with Crippen LogP contribution < -0.4 is 5.73 Å². The lowest BCUT2D eigenvalue weighted by atomic mass is 10.00. The third-order valence-corrected chi connectivity index (χ3v) is 2.64. The van der Waals surface area contributed by atoms with Crippen LogP contribution in [-0.4, -0.2) is 12.3 Å². The second-order valence-corrected chi connectivity index (χ2v) is 3.80. The molecule has 0 bridgehead atoms. The molecule has 0 aromatic heterocycles. The molecule has 0 aliphatic heterocycles. The summed E-state index contributed by atoms with van der Waals surface area (Å²) in [5.74, 6) is -1.42. The van der Waals surface area contributed by atoms with Crippen LogP contribution >= 0.6 is 0 Å². The van der Waals surface area contributed by atoms with E-state index in [0.717, 1.165) is 6.07 Å². The lowest BCUT2D eigenvalue weighted by Crippen LogP contribution is -2.13. The van der Waals surface area contributed by atoms with Crippen molar-refractivity contribution < 1.29 is 13.6 Å². The van der Waals surface area contributed by atoms with Gasteiger partial charge in [-0.3, -0.25) is 4.79 Å². The summed E-state index contributed by atoms with van der Waals surface area (Å²) in [6.07, 6.45) is 0. The number of nitrogens with two attached hydrogens (primary N) is 1. The Hall–Kier alpha value is -2.07. The standard InChI is InChI=1S/C14H11F2NO/c15-12-4-2-1-3-10(12)11-7-9(14(18)8-17)5-6-13(11)16/h1-7H,8,17H2. The summed E-state index contributed by atoms with van der Waals surface area (Å²) < 4.78 is 27.3. The normalized spacial score (nSPS) is 10.4. The highest BCUT2D eigenvalue weighted by atomic mass is 19.1. The van der Waals surface area contributed by atoms with Crippen LogP contribution in [0.3, 0.4) is 0 Å². The van der Waals surface area contributed by atoms with Gasteiger partial charge in [-0.15, -0.1) is 0 Å². The zero-order valence-electron chi connectivity index (χ0n) is 9.49. The minimum atomic E-state index is -0.575. The first-order valence-electron chi connectivity index (χ1n) is 5.41. The molecule has 92 valence electrons. The molecule has 0 saturated heterocycles. The molecule has 0 amide bonds. The SMILES string of the molecule is NCC(=O)c1ccc(F)c(-c2ccccc2F)c1. The summed E-state index contributed by atoms with van der Waals surface area (Å²) in [4.78, 5) is 11.5. The number of halogens is 2. The largest absolute Gasteiger partial charge is 0.324 e. The van der Waals surface area contributed by atoms with Crippen molar-refractivity contribution in [2.75, 3.05) is 6.54 Å². The molecule has 2 N–H and O–H groups in total. The second kappa shape index (κ2) is 5.06. The van der Waals surface area contributed by atoms with Crippen LogP contribution in [-0.2, 0) is 0 Å². The van der Waals surface area contributed by atoms with E-state index < -0.39 is 11.6 Å².